The molecule has 0 aliphatic carbocycles. The maximum absolute atomic E-state index is 14.3. The van der Waals surface area contributed by atoms with Crippen molar-refractivity contribution in [1.82, 2.24) is 5.32 Å². The number of halogens is 1. The molecule has 0 heterocycles. The van der Waals surface area contributed by atoms with Gasteiger partial charge in [0.25, 0.3) is 0 Å². The van der Waals surface area contributed by atoms with Crippen LogP contribution in [0.2, 0.25) is 0 Å². The normalized spacial score (nSPS) is 12.4. The molecule has 0 amide bonds. The minimum Gasteiger partial charge on any atom is -0.313 e. The molecular weight excluding hydrogens is 249 g/mol. The number of hydrogen-bond acceptors (Lipinski definition) is 1. The van der Waals surface area contributed by atoms with E-state index in [0.29, 0.717) is 0 Å². The quantitative estimate of drug-likeness (QED) is 0.876. The van der Waals surface area contributed by atoms with Gasteiger partial charge in [0.2, 0.25) is 0 Å². The van der Waals surface area contributed by atoms with E-state index < -0.39 is 0 Å². The Labute approximate surface area is 120 Å². The molecule has 1 atom stereocenters. The molecule has 2 rings (SSSR count). The van der Waals surface area contributed by atoms with Crippen molar-refractivity contribution in [2.45, 2.75) is 33.2 Å². The third-order valence-electron chi connectivity index (χ3n) is 3.86. The molecule has 0 saturated carbocycles. The van der Waals surface area contributed by atoms with E-state index in [1.54, 1.807) is 6.07 Å². The summed E-state index contributed by atoms with van der Waals surface area (Å²) in [4.78, 5) is 0. The van der Waals surface area contributed by atoms with E-state index in [4.69, 9.17) is 0 Å². The second-order valence-corrected chi connectivity index (χ2v) is 5.45. The van der Waals surface area contributed by atoms with Gasteiger partial charge in [-0.25, -0.2) is 4.39 Å². The predicted octanol–water partition coefficient (Wildman–Crippen LogP) is 4.25. The molecule has 2 aromatic rings. The number of hydrogen-bond donors (Lipinski definition) is 1. The first-order chi connectivity index (χ1) is 9.52. The topological polar surface area (TPSA) is 12.0 Å². The zero-order valence-corrected chi connectivity index (χ0v) is 12.6. The Balaban J connectivity index is 2.37. The Morgan fingerprint density at radius 2 is 1.75 bits per heavy atom. The molecule has 0 radical (unpaired) electrons. The lowest BCUT2D eigenvalue weighted by atomic mass is 9.92. The maximum Gasteiger partial charge on any atom is 0.128 e. The first-order valence-corrected chi connectivity index (χ1v) is 7.01. The van der Waals surface area contributed by atoms with Crippen LogP contribution in [0.25, 0.3) is 0 Å². The fourth-order valence-electron chi connectivity index (χ4n) is 2.78. The van der Waals surface area contributed by atoms with Gasteiger partial charge in [-0.3, -0.25) is 0 Å². The van der Waals surface area contributed by atoms with Crippen molar-refractivity contribution in [3.05, 3.63) is 70.0 Å². The Hall–Kier alpha value is -1.67. The van der Waals surface area contributed by atoms with Crippen molar-refractivity contribution in [3.63, 3.8) is 0 Å². The standard InChI is InChI=1S/C18H22FN/c1-12-9-14(3)18(16(19)10-12)17(20-4)11-15-8-6-5-7-13(15)2/h5-10,17,20H,11H2,1-4H3. The molecule has 0 aromatic heterocycles. The van der Waals surface area contributed by atoms with E-state index in [1.807, 2.05) is 39.1 Å². The van der Waals surface area contributed by atoms with Gasteiger partial charge in [-0.05, 0) is 62.6 Å². The zero-order chi connectivity index (χ0) is 14.7. The Bertz CT molecular complexity index is 581. The van der Waals surface area contributed by atoms with Gasteiger partial charge in [0.1, 0.15) is 5.82 Å². The van der Waals surface area contributed by atoms with Crippen LogP contribution in [0, 0.1) is 26.6 Å². The van der Waals surface area contributed by atoms with Crippen LogP contribution < -0.4 is 5.32 Å². The van der Waals surface area contributed by atoms with E-state index in [-0.39, 0.29) is 11.9 Å². The molecule has 0 spiro atoms. The summed E-state index contributed by atoms with van der Waals surface area (Å²) < 4.78 is 14.3. The molecule has 0 aliphatic heterocycles. The molecule has 0 fully saturated rings. The van der Waals surface area contributed by atoms with E-state index in [2.05, 4.69) is 24.4 Å². The number of nitrogens with one attached hydrogen (secondary N) is 1. The molecule has 2 heteroatoms. The minimum atomic E-state index is -0.115. The van der Waals surface area contributed by atoms with Crippen LogP contribution in [0.4, 0.5) is 4.39 Å². The van der Waals surface area contributed by atoms with E-state index in [1.165, 1.54) is 11.1 Å². The third kappa shape index (κ3) is 3.07. The summed E-state index contributed by atoms with van der Waals surface area (Å²) in [6.07, 6.45) is 0.796. The van der Waals surface area contributed by atoms with Crippen LogP contribution in [-0.2, 0) is 6.42 Å². The first-order valence-electron chi connectivity index (χ1n) is 7.01. The van der Waals surface area contributed by atoms with E-state index in [0.717, 1.165) is 23.1 Å². The van der Waals surface area contributed by atoms with Gasteiger partial charge in [-0.15, -0.1) is 0 Å². The van der Waals surface area contributed by atoms with Gasteiger partial charge in [0.05, 0.1) is 0 Å². The highest BCUT2D eigenvalue weighted by Gasteiger charge is 2.18. The largest absolute Gasteiger partial charge is 0.313 e. The summed E-state index contributed by atoms with van der Waals surface area (Å²) >= 11 is 0. The van der Waals surface area contributed by atoms with Gasteiger partial charge >= 0.3 is 0 Å². The SMILES string of the molecule is CNC(Cc1ccccc1C)c1c(C)cc(C)cc1F. The van der Waals surface area contributed by atoms with Crippen molar-refractivity contribution in [2.24, 2.45) is 0 Å². The van der Waals surface area contributed by atoms with Gasteiger partial charge in [-0.2, -0.15) is 0 Å². The van der Waals surface area contributed by atoms with Crippen LogP contribution in [0.1, 0.15) is 33.9 Å². The molecular formula is C18H22FN. The molecule has 2 aromatic carbocycles. The van der Waals surface area contributed by atoms with Gasteiger partial charge in [0.15, 0.2) is 0 Å². The number of aryl methyl sites for hydroxylation is 3. The average molecular weight is 271 g/mol. The lowest BCUT2D eigenvalue weighted by Crippen LogP contribution is -2.21. The highest BCUT2D eigenvalue weighted by molar-refractivity contribution is 5.36. The number of rotatable bonds is 4. The fraction of sp³-hybridized carbons (Fsp3) is 0.333. The highest BCUT2D eigenvalue weighted by atomic mass is 19.1. The van der Waals surface area contributed by atoms with Crippen LogP contribution in [0.3, 0.4) is 0 Å². The number of likely N-dealkylation sites (N-methyl/N-ethyl adjacent to an activating group) is 1. The molecule has 1 N–H and O–H groups in total. The summed E-state index contributed by atoms with van der Waals surface area (Å²) in [5.41, 5.74) is 5.26. The summed E-state index contributed by atoms with van der Waals surface area (Å²) in [5, 5.41) is 3.26. The Kier molecular flexibility index (Phi) is 4.56. The van der Waals surface area contributed by atoms with Crippen LogP contribution in [-0.4, -0.2) is 7.05 Å². The summed E-state index contributed by atoms with van der Waals surface area (Å²) in [7, 11) is 1.89. The molecule has 0 aliphatic rings. The van der Waals surface area contributed by atoms with Crippen molar-refractivity contribution >= 4 is 0 Å². The molecule has 1 nitrogen and oxygen atoms in total. The van der Waals surface area contributed by atoms with Crippen LogP contribution in [0.15, 0.2) is 36.4 Å². The number of benzene rings is 2. The first kappa shape index (κ1) is 14.7. The van der Waals surface area contributed by atoms with Crippen LogP contribution in [0.5, 0.6) is 0 Å². The molecule has 0 bridgehead atoms. The summed E-state index contributed by atoms with van der Waals surface area (Å²) in [5.74, 6) is -0.115. The predicted molar refractivity (Wildman–Crippen MR) is 82.6 cm³/mol. The molecule has 20 heavy (non-hydrogen) atoms. The second-order valence-electron chi connectivity index (χ2n) is 5.45. The van der Waals surface area contributed by atoms with Crippen LogP contribution >= 0.6 is 0 Å². The van der Waals surface area contributed by atoms with E-state index in [9.17, 15) is 4.39 Å². The minimum absolute atomic E-state index is 0.00306. The Morgan fingerprint density at radius 1 is 1.05 bits per heavy atom. The van der Waals surface area contributed by atoms with Crippen molar-refractivity contribution in [3.8, 4) is 0 Å². The lowest BCUT2D eigenvalue weighted by Gasteiger charge is -2.21. The van der Waals surface area contributed by atoms with Crippen molar-refractivity contribution in [2.75, 3.05) is 7.05 Å². The fourth-order valence-corrected chi connectivity index (χ4v) is 2.78. The van der Waals surface area contributed by atoms with Gasteiger partial charge in [0, 0.05) is 11.6 Å². The smallest absolute Gasteiger partial charge is 0.128 e. The maximum atomic E-state index is 14.3. The lowest BCUT2D eigenvalue weighted by molar-refractivity contribution is 0.529. The molecule has 0 saturated heterocycles. The Morgan fingerprint density at radius 3 is 2.35 bits per heavy atom. The summed E-state index contributed by atoms with van der Waals surface area (Å²) in [6.45, 7) is 6.00. The van der Waals surface area contributed by atoms with Crippen molar-refractivity contribution < 1.29 is 4.39 Å². The average Bonchev–Trinajstić information content (AvgIpc) is 2.38. The molecule has 1 unspecified atom stereocenters. The van der Waals surface area contributed by atoms with Gasteiger partial charge in [-0.1, -0.05) is 30.3 Å². The highest BCUT2D eigenvalue weighted by Crippen LogP contribution is 2.26. The molecule has 106 valence electrons. The second kappa shape index (κ2) is 6.19. The van der Waals surface area contributed by atoms with Gasteiger partial charge < -0.3 is 5.32 Å². The van der Waals surface area contributed by atoms with E-state index >= 15 is 0 Å². The summed E-state index contributed by atoms with van der Waals surface area (Å²) in [6, 6.07) is 11.9. The van der Waals surface area contributed by atoms with Crippen molar-refractivity contribution in [1.29, 1.82) is 0 Å². The monoisotopic (exact) mass is 271 g/mol. The third-order valence-corrected chi connectivity index (χ3v) is 3.86. The zero-order valence-electron chi connectivity index (χ0n) is 12.6.